The summed E-state index contributed by atoms with van der Waals surface area (Å²) in [6.45, 7) is 10.3. The zero-order chi connectivity index (χ0) is 20.3. The number of aryl methyl sites for hydroxylation is 3. The van der Waals surface area contributed by atoms with E-state index in [-0.39, 0.29) is 11.7 Å². The van der Waals surface area contributed by atoms with E-state index in [1.165, 1.54) is 11.8 Å². The lowest BCUT2D eigenvalue weighted by Gasteiger charge is -2.16. The van der Waals surface area contributed by atoms with Crippen molar-refractivity contribution in [3.63, 3.8) is 0 Å². The molecule has 7 heteroatoms. The van der Waals surface area contributed by atoms with Crippen LogP contribution in [0, 0.1) is 20.8 Å². The standard InChI is InChI=1S/C21H25N5OS/c1-13(2)17-11-7-8-14(3)19(17)22-18(27)12-28-21-23-24-25-26(21)20-15(4)9-6-10-16(20)5/h6-11,13H,12H2,1-5H3,(H,22,27). The van der Waals surface area contributed by atoms with Crippen molar-refractivity contribution in [3.05, 3.63) is 58.7 Å². The number of thioether (sulfide) groups is 1. The average molecular weight is 396 g/mol. The Morgan fingerprint density at radius 3 is 2.39 bits per heavy atom. The molecule has 3 aromatic rings. The third kappa shape index (κ3) is 4.25. The molecule has 0 atom stereocenters. The van der Waals surface area contributed by atoms with Gasteiger partial charge in [0.2, 0.25) is 11.1 Å². The van der Waals surface area contributed by atoms with Crippen molar-refractivity contribution in [1.82, 2.24) is 20.2 Å². The molecule has 0 saturated carbocycles. The van der Waals surface area contributed by atoms with Gasteiger partial charge in [-0.1, -0.05) is 62.0 Å². The topological polar surface area (TPSA) is 72.7 Å². The normalized spacial score (nSPS) is 11.1. The van der Waals surface area contributed by atoms with Gasteiger partial charge in [0.05, 0.1) is 11.4 Å². The second-order valence-corrected chi connectivity index (χ2v) is 8.09. The van der Waals surface area contributed by atoms with Crippen LogP contribution in [-0.4, -0.2) is 31.9 Å². The van der Waals surface area contributed by atoms with Crippen molar-refractivity contribution in [2.24, 2.45) is 0 Å². The van der Waals surface area contributed by atoms with E-state index in [2.05, 4.69) is 40.8 Å². The molecule has 28 heavy (non-hydrogen) atoms. The lowest BCUT2D eigenvalue weighted by molar-refractivity contribution is -0.113. The molecule has 1 amide bonds. The number of nitrogens with zero attached hydrogens (tertiary/aromatic N) is 4. The summed E-state index contributed by atoms with van der Waals surface area (Å²) in [6.07, 6.45) is 0. The molecule has 1 aromatic heterocycles. The van der Waals surface area contributed by atoms with E-state index in [0.29, 0.717) is 11.1 Å². The van der Waals surface area contributed by atoms with Crippen LogP contribution in [0.1, 0.15) is 42.0 Å². The smallest absolute Gasteiger partial charge is 0.234 e. The van der Waals surface area contributed by atoms with Gasteiger partial charge in [-0.25, -0.2) is 0 Å². The van der Waals surface area contributed by atoms with Gasteiger partial charge in [-0.3, -0.25) is 4.79 Å². The SMILES string of the molecule is Cc1cccc(C(C)C)c1NC(=O)CSc1nnnn1-c1c(C)cccc1C. The van der Waals surface area contributed by atoms with Gasteiger partial charge >= 0.3 is 0 Å². The number of hydrogen-bond acceptors (Lipinski definition) is 5. The molecule has 0 aliphatic carbocycles. The number of anilines is 1. The van der Waals surface area contributed by atoms with E-state index in [1.807, 2.05) is 51.1 Å². The minimum atomic E-state index is -0.0720. The molecule has 146 valence electrons. The van der Waals surface area contributed by atoms with Crippen LogP contribution in [0.2, 0.25) is 0 Å². The number of rotatable bonds is 6. The highest BCUT2D eigenvalue weighted by atomic mass is 32.2. The number of hydrogen-bond donors (Lipinski definition) is 1. The van der Waals surface area contributed by atoms with E-state index in [9.17, 15) is 4.79 Å². The quantitative estimate of drug-likeness (QED) is 0.625. The monoisotopic (exact) mass is 395 g/mol. The van der Waals surface area contributed by atoms with Crippen LogP contribution < -0.4 is 5.32 Å². The number of carbonyl (C=O) groups is 1. The Bertz CT molecular complexity index is 976. The minimum absolute atomic E-state index is 0.0720. The Labute approximate surface area is 169 Å². The van der Waals surface area contributed by atoms with E-state index in [0.717, 1.165) is 33.6 Å². The fourth-order valence-electron chi connectivity index (χ4n) is 3.20. The van der Waals surface area contributed by atoms with Crippen molar-refractivity contribution in [1.29, 1.82) is 0 Å². The van der Waals surface area contributed by atoms with Crippen molar-refractivity contribution >= 4 is 23.4 Å². The fraction of sp³-hybridized carbons (Fsp3) is 0.333. The lowest BCUT2D eigenvalue weighted by Crippen LogP contribution is -2.17. The number of amides is 1. The number of carbonyl (C=O) groups excluding carboxylic acids is 1. The summed E-state index contributed by atoms with van der Waals surface area (Å²) in [6, 6.07) is 12.1. The van der Waals surface area contributed by atoms with Gasteiger partial charge in [-0.05, 0) is 59.4 Å². The summed E-state index contributed by atoms with van der Waals surface area (Å²) in [7, 11) is 0. The first-order valence-corrected chi connectivity index (χ1v) is 10.2. The molecule has 1 N–H and O–H groups in total. The molecular weight excluding hydrogens is 370 g/mol. The third-order valence-corrected chi connectivity index (χ3v) is 5.54. The summed E-state index contributed by atoms with van der Waals surface area (Å²) >= 11 is 1.33. The van der Waals surface area contributed by atoms with Gasteiger partial charge in [-0.2, -0.15) is 4.68 Å². The van der Waals surface area contributed by atoms with Gasteiger partial charge in [0, 0.05) is 5.69 Å². The van der Waals surface area contributed by atoms with E-state index >= 15 is 0 Å². The summed E-state index contributed by atoms with van der Waals surface area (Å²) < 4.78 is 1.70. The molecule has 1 heterocycles. The van der Waals surface area contributed by atoms with Crippen LogP contribution in [0.3, 0.4) is 0 Å². The first kappa shape index (κ1) is 20.1. The van der Waals surface area contributed by atoms with Crippen LogP contribution in [0.25, 0.3) is 5.69 Å². The largest absolute Gasteiger partial charge is 0.325 e. The van der Waals surface area contributed by atoms with Crippen LogP contribution >= 0.6 is 11.8 Å². The molecule has 0 aliphatic rings. The van der Waals surface area contributed by atoms with Crippen molar-refractivity contribution in [2.45, 2.75) is 45.7 Å². The van der Waals surface area contributed by atoms with Crippen molar-refractivity contribution in [3.8, 4) is 5.69 Å². The van der Waals surface area contributed by atoms with E-state index < -0.39 is 0 Å². The zero-order valence-electron chi connectivity index (χ0n) is 16.9. The number of para-hydroxylation sites is 2. The van der Waals surface area contributed by atoms with Crippen molar-refractivity contribution < 1.29 is 4.79 Å². The third-order valence-electron chi connectivity index (χ3n) is 4.62. The highest BCUT2D eigenvalue weighted by molar-refractivity contribution is 7.99. The number of nitrogens with one attached hydrogen (secondary N) is 1. The summed E-state index contributed by atoms with van der Waals surface area (Å²) in [5.41, 5.74) is 6.22. The maximum absolute atomic E-state index is 12.6. The Kier molecular flexibility index (Phi) is 6.14. The molecule has 0 bridgehead atoms. The van der Waals surface area contributed by atoms with Gasteiger partial charge in [0.25, 0.3) is 0 Å². The van der Waals surface area contributed by atoms with Crippen LogP contribution in [-0.2, 0) is 4.79 Å². The molecule has 6 nitrogen and oxygen atoms in total. The summed E-state index contributed by atoms with van der Waals surface area (Å²) in [5, 5.41) is 15.7. The van der Waals surface area contributed by atoms with Crippen LogP contribution in [0.5, 0.6) is 0 Å². The molecule has 2 aromatic carbocycles. The van der Waals surface area contributed by atoms with Gasteiger partial charge in [0.15, 0.2) is 0 Å². The first-order valence-electron chi connectivity index (χ1n) is 9.25. The summed E-state index contributed by atoms with van der Waals surface area (Å²) in [4.78, 5) is 12.6. The fourth-order valence-corrected chi connectivity index (χ4v) is 3.87. The van der Waals surface area contributed by atoms with E-state index in [1.54, 1.807) is 4.68 Å². The number of benzene rings is 2. The average Bonchev–Trinajstić information content (AvgIpc) is 3.09. The zero-order valence-corrected chi connectivity index (χ0v) is 17.7. The predicted molar refractivity (Wildman–Crippen MR) is 113 cm³/mol. The molecule has 0 radical (unpaired) electrons. The van der Waals surface area contributed by atoms with E-state index in [4.69, 9.17) is 0 Å². The number of aromatic nitrogens is 4. The van der Waals surface area contributed by atoms with Gasteiger partial charge < -0.3 is 5.32 Å². The maximum Gasteiger partial charge on any atom is 0.234 e. The van der Waals surface area contributed by atoms with Crippen molar-refractivity contribution in [2.75, 3.05) is 11.1 Å². The maximum atomic E-state index is 12.6. The molecular formula is C21H25N5OS. The summed E-state index contributed by atoms with van der Waals surface area (Å²) in [5.74, 6) is 0.494. The second-order valence-electron chi connectivity index (χ2n) is 7.14. The molecule has 0 spiro atoms. The highest BCUT2D eigenvalue weighted by Crippen LogP contribution is 2.28. The second kappa shape index (κ2) is 8.56. The van der Waals surface area contributed by atoms with Gasteiger partial charge in [-0.15, -0.1) is 5.10 Å². The molecule has 0 saturated heterocycles. The highest BCUT2D eigenvalue weighted by Gasteiger charge is 2.16. The Balaban J connectivity index is 1.75. The molecule has 0 fully saturated rings. The van der Waals surface area contributed by atoms with Crippen LogP contribution in [0.4, 0.5) is 5.69 Å². The molecule has 0 aliphatic heterocycles. The lowest BCUT2D eigenvalue weighted by atomic mass is 9.98. The first-order chi connectivity index (χ1) is 13.4. The Hall–Kier alpha value is -2.67. The minimum Gasteiger partial charge on any atom is -0.325 e. The number of tetrazole rings is 1. The van der Waals surface area contributed by atoms with Crippen LogP contribution in [0.15, 0.2) is 41.6 Å². The predicted octanol–water partition coefficient (Wildman–Crippen LogP) is 4.44. The molecule has 0 unspecified atom stereocenters. The van der Waals surface area contributed by atoms with Gasteiger partial charge in [0.1, 0.15) is 0 Å². The Morgan fingerprint density at radius 2 is 1.71 bits per heavy atom. The Morgan fingerprint density at radius 1 is 1.07 bits per heavy atom. The molecule has 3 rings (SSSR count).